The number of halogens is 1. The molecule has 0 spiro atoms. The molecule has 1 unspecified atom stereocenters. The van der Waals surface area contributed by atoms with Crippen LogP contribution >= 0.6 is 15.9 Å². The van der Waals surface area contributed by atoms with Gasteiger partial charge in [0.2, 0.25) is 0 Å². The second kappa shape index (κ2) is 6.00. The lowest BCUT2D eigenvalue weighted by Gasteiger charge is -2.07. The van der Waals surface area contributed by atoms with Crippen LogP contribution in [-0.2, 0) is 16.6 Å². The van der Waals surface area contributed by atoms with Crippen LogP contribution in [0.1, 0.15) is 11.1 Å². The summed E-state index contributed by atoms with van der Waals surface area (Å²) < 4.78 is 13.2. The lowest BCUT2D eigenvalue weighted by molar-refractivity contribution is 0.683. The summed E-state index contributed by atoms with van der Waals surface area (Å²) >= 11 is 3.34. The molecule has 2 N–H and O–H groups in total. The Morgan fingerprint density at radius 3 is 2.74 bits per heavy atom. The molecule has 0 aliphatic heterocycles. The van der Waals surface area contributed by atoms with Crippen LogP contribution in [0.4, 0.5) is 5.69 Å². The van der Waals surface area contributed by atoms with Crippen molar-refractivity contribution >= 4 is 32.4 Å². The molecule has 96 valence electrons. The van der Waals surface area contributed by atoms with Crippen LogP contribution in [0.3, 0.4) is 0 Å². The highest BCUT2D eigenvalue weighted by Crippen LogP contribution is 2.24. The summed E-state index contributed by atoms with van der Waals surface area (Å²) in [4.78, 5) is 0.585. The molecule has 2 rings (SSSR count). The van der Waals surface area contributed by atoms with Crippen molar-refractivity contribution in [3.8, 4) is 6.07 Å². The smallest absolute Gasteiger partial charge is 0.0994 e. The minimum absolute atomic E-state index is 0.282. The van der Waals surface area contributed by atoms with Crippen molar-refractivity contribution in [2.75, 3.05) is 5.73 Å². The molecule has 0 saturated carbocycles. The van der Waals surface area contributed by atoms with E-state index in [9.17, 15) is 4.21 Å². The number of nitriles is 1. The maximum absolute atomic E-state index is 12.4. The second-order valence-corrected chi connectivity index (χ2v) is 6.28. The van der Waals surface area contributed by atoms with E-state index < -0.39 is 10.8 Å². The van der Waals surface area contributed by atoms with Gasteiger partial charge in [0.15, 0.2) is 0 Å². The summed E-state index contributed by atoms with van der Waals surface area (Å²) in [6, 6.07) is 14.5. The zero-order chi connectivity index (χ0) is 13.8. The minimum atomic E-state index is -1.27. The van der Waals surface area contributed by atoms with Crippen molar-refractivity contribution in [3.63, 3.8) is 0 Å². The molecule has 0 amide bonds. The fourth-order valence-electron chi connectivity index (χ4n) is 1.68. The van der Waals surface area contributed by atoms with Gasteiger partial charge in [-0.05, 0) is 29.8 Å². The van der Waals surface area contributed by atoms with Crippen molar-refractivity contribution in [3.05, 3.63) is 58.1 Å². The third kappa shape index (κ3) is 3.22. The molecule has 0 aromatic heterocycles. The third-order valence-corrected chi connectivity index (χ3v) is 4.56. The monoisotopic (exact) mass is 334 g/mol. The predicted molar refractivity (Wildman–Crippen MR) is 79.8 cm³/mol. The van der Waals surface area contributed by atoms with Crippen LogP contribution < -0.4 is 5.73 Å². The summed E-state index contributed by atoms with van der Waals surface area (Å²) in [5.74, 6) is 0.282. The quantitative estimate of drug-likeness (QED) is 0.876. The summed E-state index contributed by atoms with van der Waals surface area (Å²) in [6.45, 7) is 0. The first kappa shape index (κ1) is 13.8. The lowest BCUT2D eigenvalue weighted by Crippen LogP contribution is -2.02. The number of nitrogens with two attached hydrogens (primary N) is 1. The van der Waals surface area contributed by atoms with Gasteiger partial charge in [0.25, 0.3) is 0 Å². The Labute approximate surface area is 122 Å². The average Bonchev–Trinajstić information content (AvgIpc) is 2.42. The molecule has 2 aromatic carbocycles. The molecule has 3 nitrogen and oxygen atoms in total. The minimum Gasteiger partial charge on any atom is -0.398 e. The molecule has 0 saturated heterocycles. The maximum Gasteiger partial charge on any atom is 0.0994 e. The first-order valence-corrected chi connectivity index (χ1v) is 7.64. The van der Waals surface area contributed by atoms with Crippen LogP contribution in [0.15, 0.2) is 51.8 Å². The van der Waals surface area contributed by atoms with E-state index in [1.807, 2.05) is 12.1 Å². The number of rotatable bonds is 3. The standard InChI is InChI=1S/C14H11BrN2OS/c15-12-5-6-13(17)14(7-12)19(18)9-11-4-2-1-3-10(11)8-16/h1-7H,9,17H2. The van der Waals surface area contributed by atoms with Crippen LogP contribution in [0.5, 0.6) is 0 Å². The van der Waals surface area contributed by atoms with Crippen LogP contribution in [0, 0.1) is 11.3 Å². The van der Waals surface area contributed by atoms with E-state index in [-0.39, 0.29) is 5.75 Å². The summed E-state index contributed by atoms with van der Waals surface area (Å²) in [7, 11) is -1.27. The van der Waals surface area contributed by atoms with Crippen molar-refractivity contribution in [2.45, 2.75) is 10.6 Å². The molecule has 0 fully saturated rings. The molecule has 0 heterocycles. The zero-order valence-electron chi connectivity index (χ0n) is 9.97. The molecule has 5 heteroatoms. The Morgan fingerprint density at radius 1 is 1.26 bits per heavy atom. The predicted octanol–water partition coefficient (Wildman–Crippen LogP) is 3.21. The fourth-order valence-corrected chi connectivity index (χ4v) is 3.47. The van der Waals surface area contributed by atoms with E-state index in [4.69, 9.17) is 11.0 Å². The van der Waals surface area contributed by atoms with Gasteiger partial charge in [0.05, 0.1) is 33.1 Å². The molecule has 1 atom stereocenters. The Morgan fingerprint density at radius 2 is 2.00 bits per heavy atom. The van der Waals surface area contributed by atoms with Gasteiger partial charge in [-0.25, -0.2) is 0 Å². The summed E-state index contributed by atoms with van der Waals surface area (Å²) in [6.07, 6.45) is 0. The van der Waals surface area contributed by atoms with Crippen molar-refractivity contribution in [2.24, 2.45) is 0 Å². The molecule has 0 bridgehead atoms. The molecule has 0 aliphatic carbocycles. The molecule has 2 aromatic rings. The number of hydrogen-bond acceptors (Lipinski definition) is 3. The number of nitrogens with zero attached hydrogens (tertiary/aromatic N) is 1. The Hall–Kier alpha value is -1.64. The molecule has 0 radical (unpaired) electrons. The molecule has 19 heavy (non-hydrogen) atoms. The van der Waals surface area contributed by atoms with E-state index in [1.54, 1.807) is 30.3 Å². The Balaban J connectivity index is 2.31. The SMILES string of the molecule is N#Cc1ccccc1CS(=O)c1cc(Br)ccc1N. The van der Waals surface area contributed by atoms with Crippen LogP contribution in [-0.4, -0.2) is 4.21 Å². The fraction of sp³-hybridized carbons (Fsp3) is 0.0714. The zero-order valence-corrected chi connectivity index (χ0v) is 12.4. The van der Waals surface area contributed by atoms with E-state index in [2.05, 4.69) is 22.0 Å². The summed E-state index contributed by atoms with van der Waals surface area (Å²) in [5, 5.41) is 9.02. The lowest BCUT2D eigenvalue weighted by atomic mass is 10.1. The van der Waals surface area contributed by atoms with E-state index in [1.165, 1.54) is 0 Å². The number of anilines is 1. The van der Waals surface area contributed by atoms with Gasteiger partial charge in [-0.3, -0.25) is 4.21 Å². The third-order valence-electron chi connectivity index (χ3n) is 2.65. The second-order valence-electron chi connectivity index (χ2n) is 3.94. The van der Waals surface area contributed by atoms with E-state index in [0.29, 0.717) is 16.1 Å². The Bertz CT molecular complexity index is 679. The number of nitrogen functional groups attached to an aromatic ring is 1. The van der Waals surface area contributed by atoms with Gasteiger partial charge in [-0.1, -0.05) is 34.1 Å². The Kier molecular flexibility index (Phi) is 4.35. The van der Waals surface area contributed by atoms with Crippen molar-refractivity contribution in [1.82, 2.24) is 0 Å². The molecular weight excluding hydrogens is 324 g/mol. The largest absolute Gasteiger partial charge is 0.398 e. The van der Waals surface area contributed by atoms with Crippen molar-refractivity contribution < 1.29 is 4.21 Å². The van der Waals surface area contributed by atoms with Gasteiger partial charge in [-0.2, -0.15) is 5.26 Å². The normalized spacial score (nSPS) is 11.8. The number of benzene rings is 2. The van der Waals surface area contributed by atoms with Crippen LogP contribution in [0.2, 0.25) is 0 Å². The first-order valence-electron chi connectivity index (χ1n) is 5.53. The van der Waals surface area contributed by atoms with Gasteiger partial charge in [0, 0.05) is 10.2 Å². The average molecular weight is 335 g/mol. The maximum atomic E-state index is 12.4. The first-order chi connectivity index (χ1) is 9.11. The van der Waals surface area contributed by atoms with Crippen molar-refractivity contribution in [1.29, 1.82) is 5.26 Å². The summed E-state index contributed by atoms with van der Waals surface area (Å²) in [5.41, 5.74) is 7.64. The van der Waals surface area contributed by atoms with Crippen LogP contribution in [0.25, 0.3) is 0 Å². The molecular formula is C14H11BrN2OS. The van der Waals surface area contributed by atoms with Gasteiger partial charge >= 0.3 is 0 Å². The highest BCUT2D eigenvalue weighted by atomic mass is 79.9. The highest BCUT2D eigenvalue weighted by Gasteiger charge is 2.11. The topological polar surface area (TPSA) is 66.9 Å². The van der Waals surface area contributed by atoms with Gasteiger partial charge in [-0.15, -0.1) is 0 Å². The van der Waals surface area contributed by atoms with Gasteiger partial charge < -0.3 is 5.73 Å². The van der Waals surface area contributed by atoms with Gasteiger partial charge in [0.1, 0.15) is 0 Å². The molecule has 0 aliphatic rings. The number of hydrogen-bond donors (Lipinski definition) is 1. The van der Waals surface area contributed by atoms with E-state index in [0.717, 1.165) is 10.0 Å². The highest BCUT2D eigenvalue weighted by molar-refractivity contribution is 9.10. The van der Waals surface area contributed by atoms with E-state index >= 15 is 0 Å².